The van der Waals surface area contributed by atoms with E-state index in [1.165, 1.54) is 32.1 Å². The van der Waals surface area contributed by atoms with Crippen molar-refractivity contribution in [2.75, 3.05) is 19.8 Å². The highest BCUT2D eigenvalue weighted by molar-refractivity contribution is 5.76. The molecule has 132 valence electrons. The summed E-state index contributed by atoms with van der Waals surface area (Å²) < 4.78 is 11.4. The smallest absolute Gasteiger partial charge is 0.222 e. The molecule has 1 fully saturated rings. The van der Waals surface area contributed by atoms with E-state index >= 15 is 0 Å². The van der Waals surface area contributed by atoms with Crippen LogP contribution in [0.5, 0.6) is 11.5 Å². The average Bonchev–Trinajstić information content (AvgIpc) is 2.65. The topological polar surface area (TPSA) is 38.8 Å². The van der Waals surface area contributed by atoms with Gasteiger partial charge in [-0.1, -0.05) is 44.2 Å². The van der Waals surface area contributed by atoms with Gasteiger partial charge in [0.05, 0.1) is 0 Å². The van der Waals surface area contributed by atoms with Crippen LogP contribution in [0.25, 0.3) is 0 Å². The molecule has 3 rings (SSSR count). The second-order valence-corrected chi connectivity index (χ2v) is 6.89. The van der Waals surface area contributed by atoms with E-state index in [-0.39, 0.29) is 5.91 Å². The number of carbonyl (C=O) groups is 1. The predicted molar refractivity (Wildman–Crippen MR) is 94.3 cm³/mol. The van der Waals surface area contributed by atoms with Crippen molar-refractivity contribution < 1.29 is 14.3 Å². The van der Waals surface area contributed by atoms with E-state index in [2.05, 4.69) is 0 Å². The minimum atomic E-state index is 0.261. The molecule has 0 aromatic heterocycles. The van der Waals surface area contributed by atoms with Crippen LogP contribution in [0, 0.1) is 5.92 Å². The van der Waals surface area contributed by atoms with Crippen LogP contribution >= 0.6 is 0 Å². The number of amides is 1. The van der Waals surface area contributed by atoms with Gasteiger partial charge in [-0.15, -0.1) is 0 Å². The van der Waals surface area contributed by atoms with Crippen molar-refractivity contribution in [2.24, 2.45) is 5.92 Å². The molecular formula is C20H29NO3. The fraction of sp³-hybridized carbons (Fsp3) is 0.650. The molecule has 4 heteroatoms. The maximum atomic E-state index is 12.6. The normalized spacial score (nSPS) is 17.5. The fourth-order valence-corrected chi connectivity index (χ4v) is 3.80. The molecule has 24 heavy (non-hydrogen) atoms. The van der Waals surface area contributed by atoms with Gasteiger partial charge in [0.25, 0.3) is 0 Å². The standard InChI is InChI=1S/C20H29NO3/c1-2-21(19(22)12-11-16-7-4-3-5-8-16)15-17-9-6-10-18-20(17)24-14-13-23-18/h6,9-10,16H,2-5,7-8,11-15H2,1H3. The summed E-state index contributed by atoms with van der Waals surface area (Å²) in [6, 6.07) is 5.94. The lowest BCUT2D eigenvalue weighted by molar-refractivity contribution is -0.132. The summed E-state index contributed by atoms with van der Waals surface area (Å²) in [5.41, 5.74) is 1.04. The van der Waals surface area contributed by atoms with Crippen LogP contribution in [-0.2, 0) is 11.3 Å². The van der Waals surface area contributed by atoms with Crippen LogP contribution in [-0.4, -0.2) is 30.6 Å². The Hall–Kier alpha value is -1.71. The Balaban J connectivity index is 1.58. The Morgan fingerprint density at radius 1 is 1.17 bits per heavy atom. The Kier molecular flexibility index (Phi) is 6.00. The molecule has 0 unspecified atom stereocenters. The van der Waals surface area contributed by atoms with E-state index < -0.39 is 0 Å². The summed E-state index contributed by atoms with van der Waals surface area (Å²) in [4.78, 5) is 14.6. The van der Waals surface area contributed by atoms with E-state index in [0.29, 0.717) is 26.2 Å². The SMILES string of the molecule is CCN(Cc1cccc2c1OCCO2)C(=O)CCC1CCCCC1. The highest BCUT2D eigenvalue weighted by Crippen LogP contribution is 2.34. The largest absolute Gasteiger partial charge is 0.486 e. The van der Waals surface area contributed by atoms with Crippen molar-refractivity contribution in [1.82, 2.24) is 4.90 Å². The van der Waals surface area contributed by atoms with E-state index in [1.54, 1.807) is 0 Å². The van der Waals surface area contributed by atoms with E-state index in [4.69, 9.17) is 9.47 Å². The second kappa shape index (κ2) is 8.41. The van der Waals surface area contributed by atoms with Gasteiger partial charge in [0.15, 0.2) is 11.5 Å². The van der Waals surface area contributed by atoms with Gasteiger partial charge in [-0.3, -0.25) is 4.79 Å². The predicted octanol–water partition coefficient (Wildman–Crippen LogP) is 4.17. The summed E-state index contributed by atoms with van der Waals surface area (Å²) in [6.45, 7) is 4.55. The first-order valence-electron chi connectivity index (χ1n) is 9.43. The first kappa shape index (κ1) is 17.1. The first-order chi connectivity index (χ1) is 11.8. The Bertz CT molecular complexity index is 552. The Labute approximate surface area is 145 Å². The molecule has 1 saturated carbocycles. The van der Waals surface area contributed by atoms with Gasteiger partial charge >= 0.3 is 0 Å². The molecule has 0 bridgehead atoms. The molecule has 0 atom stereocenters. The lowest BCUT2D eigenvalue weighted by Gasteiger charge is -2.26. The quantitative estimate of drug-likeness (QED) is 0.785. The molecule has 1 aromatic carbocycles. The molecule has 1 amide bonds. The first-order valence-corrected chi connectivity index (χ1v) is 9.43. The van der Waals surface area contributed by atoms with Gasteiger partial charge in [0, 0.05) is 25.1 Å². The second-order valence-electron chi connectivity index (χ2n) is 6.89. The molecule has 0 spiro atoms. The zero-order valence-corrected chi connectivity index (χ0v) is 14.8. The van der Waals surface area contributed by atoms with Crippen LogP contribution in [0.3, 0.4) is 0 Å². The number of fused-ring (bicyclic) bond motifs is 1. The molecule has 0 N–H and O–H groups in total. The third kappa shape index (κ3) is 4.22. The monoisotopic (exact) mass is 331 g/mol. The summed E-state index contributed by atoms with van der Waals surface area (Å²) in [6.07, 6.45) is 8.36. The van der Waals surface area contributed by atoms with Gasteiger partial charge in [-0.2, -0.15) is 0 Å². The van der Waals surface area contributed by atoms with Crippen molar-refractivity contribution in [3.63, 3.8) is 0 Å². The van der Waals surface area contributed by atoms with Crippen molar-refractivity contribution in [3.8, 4) is 11.5 Å². The van der Waals surface area contributed by atoms with E-state index in [0.717, 1.165) is 35.9 Å². The molecule has 1 aliphatic carbocycles. The summed E-state index contributed by atoms with van der Waals surface area (Å²) in [5.74, 6) is 2.62. The zero-order chi connectivity index (χ0) is 16.8. The summed E-state index contributed by atoms with van der Waals surface area (Å²) >= 11 is 0. The Morgan fingerprint density at radius 2 is 1.96 bits per heavy atom. The number of benzene rings is 1. The van der Waals surface area contributed by atoms with Gasteiger partial charge in [-0.25, -0.2) is 0 Å². The number of nitrogens with zero attached hydrogens (tertiary/aromatic N) is 1. The lowest BCUT2D eigenvalue weighted by Crippen LogP contribution is -2.31. The maximum absolute atomic E-state index is 12.6. The third-order valence-corrected chi connectivity index (χ3v) is 5.23. The maximum Gasteiger partial charge on any atom is 0.222 e. The molecule has 1 heterocycles. The molecule has 2 aliphatic rings. The van der Waals surface area contributed by atoms with Gasteiger partial charge in [0.1, 0.15) is 13.2 Å². The van der Waals surface area contributed by atoms with Gasteiger partial charge in [-0.05, 0) is 25.3 Å². The number of hydrogen-bond donors (Lipinski definition) is 0. The lowest BCUT2D eigenvalue weighted by atomic mass is 9.86. The van der Waals surface area contributed by atoms with Crippen molar-refractivity contribution in [2.45, 2.75) is 58.4 Å². The molecule has 0 radical (unpaired) electrons. The third-order valence-electron chi connectivity index (χ3n) is 5.23. The zero-order valence-electron chi connectivity index (χ0n) is 14.8. The minimum absolute atomic E-state index is 0.261. The van der Waals surface area contributed by atoms with Crippen molar-refractivity contribution in [1.29, 1.82) is 0 Å². The number of hydrogen-bond acceptors (Lipinski definition) is 3. The fourth-order valence-electron chi connectivity index (χ4n) is 3.80. The summed E-state index contributed by atoms with van der Waals surface area (Å²) in [5, 5.41) is 0. The highest BCUT2D eigenvalue weighted by Gasteiger charge is 2.21. The van der Waals surface area contributed by atoms with Crippen molar-refractivity contribution >= 4 is 5.91 Å². The van der Waals surface area contributed by atoms with Crippen LogP contribution in [0.15, 0.2) is 18.2 Å². The number of para-hydroxylation sites is 1. The number of ether oxygens (including phenoxy) is 2. The highest BCUT2D eigenvalue weighted by atomic mass is 16.6. The molecule has 1 aromatic rings. The molecule has 1 aliphatic heterocycles. The molecule has 0 saturated heterocycles. The van der Waals surface area contributed by atoms with Crippen LogP contribution in [0.2, 0.25) is 0 Å². The van der Waals surface area contributed by atoms with Gasteiger partial charge in [0.2, 0.25) is 5.91 Å². The average molecular weight is 331 g/mol. The molecular weight excluding hydrogens is 302 g/mol. The van der Waals surface area contributed by atoms with E-state index in [1.807, 2.05) is 30.0 Å². The number of rotatable bonds is 6. The molecule has 4 nitrogen and oxygen atoms in total. The van der Waals surface area contributed by atoms with Crippen LogP contribution in [0.1, 0.15) is 57.4 Å². The Morgan fingerprint density at radius 3 is 2.75 bits per heavy atom. The minimum Gasteiger partial charge on any atom is -0.486 e. The number of carbonyl (C=O) groups excluding carboxylic acids is 1. The van der Waals surface area contributed by atoms with Crippen LogP contribution in [0.4, 0.5) is 0 Å². The summed E-state index contributed by atoms with van der Waals surface area (Å²) in [7, 11) is 0. The van der Waals surface area contributed by atoms with E-state index in [9.17, 15) is 4.79 Å². The van der Waals surface area contributed by atoms with Crippen LogP contribution < -0.4 is 9.47 Å². The van der Waals surface area contributed by atoms with Crippen molar-refractivity contribution in [3.05, 3.63) is 23.8 Å². The van der Waals surface area contributed by atoms with Gasteiger partial charge < -0.3 is 14.4 Å².